The van der Waals surface area contributed by atoms with Gasteiger partial charge in [-0.25, -0.2) is 0 Å². The van der Waals surface area contributed by atoms with Crippen LogP contribution in [0.1, 0.15) is 37.8 Å². The SMILES string of the molecule is CCCn1cc(-c2cnc(C3CCCN(S(=O)(=O)N(C)C)C3)cn2)cn1. The van der Waals surface area contributed by atoms with Gasteiger partial charge >= 0.3 is 0 Å². The maximum Gasteiger partial charge on any atom is 0.281 e. The highest BCUT2D eigenvalue weighted by atomic mass is 32.2. The minimum absolute atomic E-state index is 0.0721. The van der Waals surface area contributed by atoms with Crippen LogP contribution in [0.2, 0.25) is 0 Å². The van der Waals surface area contributed by atoms with Gasteiger partial charge in [0.25, 0.3) is 10.2 Å². The summed E-state index contributed by atoms with van der Waals surface area (Å²) in [5, 5.41) is 4.32. The lowest BCUT2D eigenvalue weighted by Gasteiger charge is -2.33. The molecule has 0 aliphatic carbocycles. The van der Waals surface area contributed by atoms with E-state index in [1.807, 2.05) is 10.9 Å². The van der Waals surface area contributed by atoms with Crippen LogP contribution >= 0.6 is 0 Å². The van der Waals surface area contributed by atoms with Crippen molar-refractivity contribution >= 4 is 10.2 Å². The molecule has 1 unspecified atom stereocenters. The fraction of sp³-hybridized carbons (Fsp3) is 0.588. The first kappa shape index (κ1) is 18.9. The van der Waals surface area contributed by atoms with Crippen molar-refractivity contribution in [3.63, 3.8) is 0 Å². The van der Waals surface area contributed by atoms with Gasteiger partial charge in [0.05, 0.1) is 23.8 Å². The lowest BCUT2D eigenvalue weighted by Crippen LogP contribution is -2.45. The van der Waals surface area contributed by atoms with Gasteiger partial charge in [0, 0.05) is 57.6 Å². The molecule has 1 atom stereocenters. The molecule has 1 aliphatic heterocycles. The number of rotatable bonds is 6. The van der Waals surface area contributed by atoms with Gasteiger partial charge in [-0.1, -0.05) is 6.92 Å². The van der Waals surface area contributed by atoms with Gasteiger partial charge in [-0.15, -0.1) is 0 Å². The van der Waals surface area contributed by atoms with E-state index < -0.39 is 10.2 Å². The molecule has 2 aromatic heterocycles. The predicted octanol–water partition coefficient (Wildman–Crippen LogP) is 1.74. The third-order valence-corrected chi connectivity index (χ3v) is 6.55. The maximum absolute atomic E-state index is 12.4. The molecule has 0 N–H and O–H groups in total. The molecule has 1 saturated heterocycles. The molecule has 0 bridgehead atoms. The van der Waals surface area contributed by atoms with Crippen LogP contribution in [0, 0.1) is 0 Å². The van der Waals surface area contributed by atoms with E-state index in [0.29, 0.717) is 13.1 Å². The van der Waals surface area contributed by atoms with E-state index in [2.05, 4.69) is 22.0 Å². The highest BCUT2D eigenvalue weighted by Crippen LogP contribution is 2.28. The van der Waals surface area contributed by atoms with Crippen molar-refractivity contribution in [2.75, 3.05) is 27.2 Å². The van der Waals surface area contributed by atoms with Crippen LogP contribution in [-0.2, 0) is 16.8 Å². The van der Waals surface area contributed by atoms with Crippen molar-refractivity contribution in [3.05, 3.63) is 30.5 Å². The number of aryl methyl sites for hydroxylation is 1. The van der Waals surface area contributed by atoms with Crippen LogP contribution < -0.4 is 0 Å². The van der Waals surface area contributed by atoms with Gasteiger partial charge in [-0.3, -0.25) is 14.6 Å². The molecule has 0 amide bonds. The van der Waals surface area contributed by atoms with Crippen LogP contribution in [0.5, 0.6) is 0 Å². The zero-order valence-electron chi connectivity index (χ0n) is 15.5. The summed E-state index contributed by atoms with van der Waals surface area (Å²) in [6, 6.07) is 0. The molecule has 26 heavy (non-hydrogen) atoms. The van der Waals surface area contributed by atoms with E-state index in [-0.39, 0.29) is 5.92 Å². The molecule has 3 rings (SSSR count). The molecule has 0 saturated carbocycles. The van der Waals surface area contributed by atoms with Crippen molar-refractivity contribution in [2.45, 2.75) is 38.6 Å². The van der Waals surface area contributed by atoms with E-state index in [9.17, 15) is 8.42 Å². The summed E-state index contributed by atoms with van der Waals surface area (Å²) in [4.78, 5) is 9.09. The highest BCUT2D eigenvalue weighted by molar-refractivity contribution is 7.86. The Balaban J connectivity index is 1.73. The third kappa shape index (κ3) is 3.94. The molecule has 0 aromatic carbocycles. The highest BCUT2D eigenvalue weighted by Gasteiger charge is 2.31. The van der Waals surface area contributed by atoms with Gasteiger partial charge in [0.1, 0.15) is 0 Å². The first-order valence-electron chi connectivity index (χ1n) is 8.94. The second kappa shape index (κ2) is 7.81. The van der Waals surface area contributed by atoms with E-state index in [1.165, 1.54) is 8.61 Å². The zero-order chi connectivity index (χ0) is 18.7. The summed E-state index contributed by atoms with van der Waals surface area (Å²) >= 11 is 0. The van der Waals surface area contributed by atoms with Gasteiger partial charge in [-0.2, -0.15) is 22.1 Å². The molecule has 0 spiro atoms. The van der Waals surface area contributed by atoms with E-state index >= 15 is 0 Å². The van der Waals surface area contributed by atoms with Gasteiger partial charge < -0.3 is 0 Å². The minimum atomic E-state index is -3.39. The average molecular weight is 379 g/mol. The Hall–Kier alpha value is -1.84. The van der Waals surface area contributed by atoms with Crippen molar-refractivity contribution in [2.24, 2.45) is 0 Å². The van der Waals surface area contributed by atoms with Gasteiger partial charge in [-0.05, 0) is 19.3 Å². The predicted molar refractivity (Wildman–Crippen MR) is 99.7 cm³/mol. The van der Waals surface area contributed by atoms with Crippen LogP contribution in [-0.4, -0.2) is 64.0 Å². The largest absolute Gasteiger partial charge is 0.281 e. The second-order valence-electron chi connectivity index (χ2n) is 6.81. The first-order valence-corrected chi connectivity index (χ1v) is 10.3. The summed E-state index contributed by atoms with van der Waals surface area (Å²) in [5.41, 5.74) is 2.57. The Morgan fingerprint density at radius 3 is 2.69 bits per heavy atom. The fourth-order valence-corrected chi connectivity index (χ4v) is 4.36. The smallest absolute Gasteiger partial charge is 0.272 e. The number of hydrogen-bond donors (Lipinski definition) is 0. The molecule has 9 heteroatoms. The first-order chi connectivity index (χ1) is 12.4. The number of nitrogens with zero attached hydrogens (tertiary/aromatic N) is 6. The lowest BCUT2D eigenvalue weighted by atomic mass is 9.96. The standard InChI is InChI=1S/C17H26N6O2S/c1-4-7-22-12-15(9-20-22)17-11-18-16(10-19-17)14-6-5-8-23(13-14)26(24,25)21(2)3/h9-12,14H,4-8,13H2,1-3H3. The molecule has 1 fully saturated rings. The molecule has 142 valence electrons. The summed E-state index contributed by atoms with van der Waals surface area (Å²) in [6.07, 6.45) is 10.1. The van der Waals surface area contributed by atoms with Crippen LogP contribution in [0.15, 0.2) is 24.8 Å². The molecule has 2 aromatic rings. The van der Waals surface area contributed by atoms with Crippen LogP contribution in [0.25, 0.3) is 11.3 Å². The van der Waals surface area contributed by atoms with Gasteiger partial charge in [0.2, 0.25) is 0 Å². The molecule has 8 nitrogen and oxygen atoms in total. The van der Waals surface area contributed by atoms with Crippen molar-refractivity contribution < 1.29 is 8.42 Å². The van der Waals surface area contributed by atoms with E-state index in [4.69, 9.17) is 0 Å². The Bertz CT molecular complexity index is 831. The fourth-order valence-electron chi connectivity index (χ4n) is 3.17. The van der Waals surface area contributed by atoms with E-state index in [1.54, 1.807) is 32.7 Å². The van der Waals surface area contributed by atoms with Gasteiger partial charge in [0.15, 0.2) is 0 Å². The summed E-state index contributed by atoms with van der Waals surface area (Å²) in [6.45, 7) is 3.99. The molecule has 0 radical (unpaired) electrons. The number of aromatic nitrogens is 4. The summed E-state index contributed by atoms with van der Waals surface area (Å²) in [5.74, 6) is 0.0721. The number of hydrogen-bond acceptors (Lipinski definition) is 5. The Kier molecular flexibility index (Phi) is 5.69. The zero-order valence-corrected chi connectivity index (χ0v) is 16.4. The van der Waals surface area contributed by atoms with Crippen molar-refractivity contribution in [1.82, 2.24) is 28.4 Å². The number of piperidine rings is 1. The Morgan fingerprint density at radius 1 is 1.23 bits per heavy atom. The Morgan fingerprint density at radius 2 is 2.04 bits per heavy atom. The second-order valence-corrected chi connectivity index (χ2v) is 8.95. The topological polar surface area (TPSA) is 84.2 Å². The van der Waals surface area contributed by atoms with Crippen molar-refractivity contribution in [3.8, 4) is 11.3 Å². The molecular weight excluding hydrogens is 352 g/mol. The summed E-state index contributed by atoms with van der Waals surface area (Å²) in [7, 11) is -0.264. The summed E-state index contributed by atoms with van der Waals surface area (Å²) < 4.78 is 29.4. The van der Waals surface area contributed by atoms with Crippen molar-refractivity contribution in [1.29, 1.82) is 0 Å². The van der Waals surface area contributed by atoms with Crippen LogP contribution in [0.3, 0.4) is 0 Å². The Labute approximate surface area is 155 Å². The lowest BCUT2D eigenvalue weighted by molar-refractivity contribution is 0.296. The quantitative estimate of drug-likeness (QED) is 0.764. The maximum atomic E-state index is 12.4. The monoisotopic (exact) mass is 378 g/mol. The normalized spacial score (nSPS) is 19.2. The molecule has 1 aliphatic rings. The van der Waals surface area contributed by atoms with E-state index in [0.717, 1.165) is 42.8 Å². The third-order valence-electron chi connectivity index (χ3n) is 4.64. The van der Waals surface area contributed by atoms with Crippen LogP contribution in [0.4, 0.5) is 0 Å². The average Bonchev–Trinajstić information content (AvgIpc) is 3.11. The molecule has 3 heterocycles. The minimum Gasteiger partial charge on any atom is -0.272 e. The molecular formula is C17H26N6O2S.